The zero-order chi connectivity index (χ0) is 13.9. The van der Waals surface area contributed by atoms with Gasteiger partial charge in [-0.25, -0.2) is 0 Å². The Labute approximate surface area is 108 Å². The fraction of sp³-hybridized carbons (Fsp3) is 0.500. The molecule has 1 aromatic rings. The van der Waals surface area contributed by atoms with Crippen molar-refractivity contribution in [2.75, 3.05) is 20.1 Å². The van der Waals surface area contributed by atoms with Crippen LogP contribution in [0.1, 0.15) is 29.8 Å². The summed E-state index contributed by atoms with van der Waals surface area (Å²) < 4.78 is 0. The van der Waals surface area contributed by atoms with E-state index in [0.29, 0.717) is 18.7 Å². The Morgan fingerprint density at radius 3 is 2.56 bits per heavy atom. The van der Waals surface area contributed by atoms with Crippen molar-refractivity contribution in [3.8, 4) is 5.75 Å². The predicted molar refractivity (Wildman–Crippen MR) is 72.6 cm³/mol. The maximum absolute atomic E-state index is 12.2. The molecule has 0 heterocycles. The number of phenolic OH excluding ortho intramolecular Hbond substituents is 1. The number of rotatable bonds is 4. The van der Waals surface area contributed by atoms with Crippen molar-refractivity contribution in [3.05, 3.63) is 29.3 Å². The van der Waals surface area contributed by atoms with Gasteiger partial charge in [0.1, 0.15) is 5.75 Å². The standard InChI is InChI=1S/C14H22N2O2/c1-10-5-6-11(7-12(10)17)13(18)16(4)9-14(2,3)8-15/h5-7,17H,8-9,15H2,1-4H3. The Morgan fingerprint density at radius 1 is 1.44 bits per heavy atom. The van der Waals surface area contributed by atoms with Crippen LogP contribution in [-0.2, 0) is 0 Å². The van der Waals surface area contributed by atoms with Crippen LogP contribution in [0.25, 0.3) is 0 Å². The number of carbonyl (C=O) groups excluding carboxylic acids is 1. The Morgan fingerprint density at radius 2 is 2.06 bits per heavy atom. The number of aryl methyl sites for hydroxylation is 1. The number of benzene rings is 1. The summed E-state index contributed by atoms with van der Waals surface area (Å²) in [6, 6.07) is 4.97. The predicted octanol–water partition coefficient (Wildman–Crippen LogP) is 1.76. The fourth-order valence-electron chi connectivity index (χ4n) is 1.74. The number of hydrogen-bond donors (Lipinski definition) is 2. The summed E-state index contributed by atoms with van der Waals surface area (Å²) in [4.78, 5) is 13.8. The molecule has 100 valence electrons. The first-order valence-electron chi connectivity index (χ1n) is 6.02. The van der Waals surface area contributed by atoms with Crippen molar-refractivity contribution in [1.29, 1.82) is 0 Å². The Hall–Kier alpha value is -1.55. The zero-order valence-corrected chi connectivity index (χ0v) is 11.5. The Balaban J connectivity index is 2.83. The van der Waals surface area contributed by atoms with Crippen LogP contribution >= 0.6 is 0 Å². The number of aromatic hydroxyl groups is 1. The monoisotopic (exact) mass is 250 g/mol. The second kappa shape index (κ2) is 5.40. The molecule has 1 rings (SSSR count). The van der Waals surface area contributed by atoms with Gasteiger partial charge in [0, 0.05) is 19.2 Å². The molecule has 0 aromatic heterocycles. The van der Waals surface area contributed by atoms with Crippen molar-refractivity contribution in [3.63, 3.8) is 0 Å². The van der Waals surface area contributed by atoms with E-state index < -0.39 is 0 Å². The molecule has 4 heteroatoms. The van der Waals surface area contributed by atoms with Gasteiger partial charge in [-0.05, 0) is 36.6 Å². The highest BCUT2D eigenvalue weighted by Crippen LogP contribution is 2.20. The van der Waals surface area contributed by atoms with Gasteiger partial charge in [-0.2, -0.15) is 0 Å². The van der Waals surface area contributed by atoms with Crippen LogP contribution in [-0.4, -0.2) is 36.1 Å². The first-order valence-corrected chi connectivity index (χ1v) is 6.02. The number of amides is 1. The minimum atomic E-state index is -0.114. The first-order chi connectivity index (χ1) is 8.26. The summed E-state index contributed by atoms with van der Waals surface area (Å²) >= 11 is 0. The molecule has 0 aliphatic heterocycles. The number of carbonyl (C=O) groups is 1. The largest absolute Gasteiger partial charge is 0.508 e. The lowest BCUT2D eigenvalue weighted by Crippen LogP contribution is -2.39. The summed E-state index contributed by atoms with van der Waals surface area (Å²) in [5, 5.41) is 9.62. The molecule has 4 nitrogen and oxygen atoms in total. The van der Waals surface area contributed by atoms with Crippen LogP contribution in [0.5, 0.6) is 5.75 Å². The van der Waals surface area contributed by atoms with Crippen LogP contribution in [0.4, 0.5) is 0 Å². The SMILES string of the molecule is Cc1ccc(C(=O)N(C)CC(C)(C)CN)cc1O. The molecule has 0 fully saturated rings. The van der Waals surface area contributed by atoms with Crippen LogP contribution in [0.3, 0.4) is 0 Å². The number of hydrogen-bond acceptors (Lipinski definition) is 3. The lowest BCUT2D eigenvalue weighted by Gasteiger charge is -2.29. The van der Waals surface area contributed by atoms with E-state index in [1.54, 1.807) is 31.0 Å². The molecule has 18 heavy (non-hydrogen) atoms. The molecule has 0 aliphatic rings. The van der Waals surface area contributed by atoms with Gasteiger partial charge in [0.25, 0.3) is 5.91 Å². The molecule has 0 radical (unpaired) electrons. The minimum absolute atomic E-state index is 0.105. The molecule has 0 atom stereocenters. The number of phenols is 1. The molecule has 0 bridgehead atoms. The molecule has 1 aromatic carbocycles. The fourth-order valence-corrected chi connectivity index (χ4v) is 1.74. The number of nitrogens with zero attached hydrogens (tertiary/aromatic N) is 1. The quantitative estimate of drug-likeness (QED) is 0.855. The van der Waals surface area contributed by atoms with Crippen molar-refractivity contribution in [2.45, 2.75) is 20.8 Å². The van der Waals surface area contributed by atoms with Gasteiger partial charge in [0.2, 0.25) is 0 Å². The van der Waals surface area contributed by atoms with Crippen molar-refractivity contribution < 1.29 is 9.90 Å². The third-order valence-electron chi connectivity index (χ3n) is 3.02. The summed E-state index contributed by atoms with van der Waals surface area (Å²) in [6.07, 6.45) is 0. The summed E-state index contributed by atoms with van der Waals surface area (Å²) in [6.45, 7) is 6.93. The zero-order valence-electron chi connectivity index (χ0n) is 11.5. The topological polar surface area (TPSA) is 66.6 Å². The maximum atomic E-state index is 12.2. The highest BCUT2D eigenvalue weighted by atomic mass is 16.3. The van der Waals surface area contributed by atoms with E-state index in [-0.39, 0.29) is 17.1 Å². The minimum Gasteiger partial charge on any atom is -0.508 e. The number of nitrogens with two attached hydrogens (primary N) is 1. The normalized spacial score (nSPS) is 11.4. The summed E-state index contributed by atoms with van der Waals surface area (Å²) in [5.41, 5.74) is 6.80. The average Bonchev–Trinajstić information content (AvgIpc) is 2.31. The van der Waals surface area contributed by atoms with Crippen LogP contribution in [0.15, 0.2) is 18.2 Å². The maximum Gasteiger partial charge on any atom is 0.253 e. The lowest BCUT2D eigenvalue weighted by atomic mass is 9.93. The van der Waals surface area contributed by atoms with Gasteiger partial charge in [-0.3, -0.25) is 4.79 Å². The highest BCUT2D eigenvalue weighted by Gasteiger charge is 2.22. The van der Waals surface area contributed by atoms with E-state index >= 15 is 0 Å². The van der Waals surface area contributed by atoms with E-state index in [2.05, 4.69) is 0 Å². The van der Waals surface area contributed by atoms with Crippen LogP contribution in [0, 0.1) is 12.3 Å². The second-order valence-electron chi connectivity index (χ2n) is 5.53. The molecular weight excluding hydrogens is 228 g/mol. The van der Waals surface area contributed by atoms with Gasteiger partial charge in [-0.1, -0.05) is 19.9 Å². The van der Waals surface area contributed by atoms with Crippen molar-refractivity contribution in [1.82, 2.24) is 4.90 Å². The Kier molecular flexibility index (Phi) is 4.35. The Bertz CT molecular complexity index is 441. The van der Waals surface area contributed by atoms with Gasteiger partial charge >= 0.3 is 0 Å². The third-order valence-corrected chi connectivity index (χ3v) is 3.02. The van der Waals surface area contributed by atoms with E-state index in [4.69, 9.17) is 5.73 Å². The van der Waals surface area contributed by atoms with Crippen molar-refractivity contribution in [2.24, 2.45) is 11.1 Å². The third kappa shape index (κ3) is 3.47. The molecule has 0 saturated heterocycles. The molecule has 0 unspecified atom stereocenters. The van der Waals surface area contributed by atoms with E-state index in [9.17, 15) is 9.90 Å². The van der Waals surface area contributed by atoms with Crippen molar-refractivity contribution >= 4 is 5.91 Å². The molecule has 0 spiro atoms. The van der Waals surface area contributed by atoms with E-state index in [1.807, 2.05) is 13.8 Å². The molecule has 0 aliphatic carbocycles. The molecule has 3 N–H and O–H groups in total. The van der Waals surface area contributed by atoms with E-state index in [1.165, 1.54) is 6.07 Å². The van der Waals surface area contributed by atoms with Gasteiger partial charge in [0.05, 0.1) is 0 Å². The summed E-state index contributed by atoms with van der Waals surface area (Å²) in [5.74, 6) is 0.0409. The van der Waals surface area contributed by atoms with Gasteiger partial charge in [-0.15, -0.1) is 0 Å². The lowest BCUT2D eigenvalue weighted by molar-refractivity contribution is 0.0740. The molecule has 0 saturated carbocycles. The molecular formula is C14H22N2O2. The molecule has 1 amide bonds. The van der Waals surface area contributed by atoms with E-state index in [0.717, 1.165) is 5.56 Å². The van der Waals surface area contributed by atoms with Gasteiger partial charge in [0.15, 0.2) is 0 Å². The van der Waals surface area contributed by atoms with Crippen LogP contribution in [0.2, 0.25) is 0 Å². The average molecular weight is 250 g/mol. The van der Waals surface area contributed by atoms with Crippen LogP contribution < -0.4 is 5.73 Å². The summed E-state index contributed by atoms with van der Waals surface area (Å²) in [7, 11) is 1.75. The highest BCUT2D eigenvalue weighted by molar-refractivity contribution is 5.94. The first kappa shape index (κ1) is 14.5. The van der Waals surface area contributed by atoms with Gasteiger partial charge < -0.3 is 15.7 Å². The second-order valence-corrected chi connectivity index (χ2v) is 5.53. The smallest absolute Gasteiger partial charge is 0.253 e.